The first kappa shape index (κ1) is 34.8. The molecule has 0 amide bonds. The van der Waals surface area contributed by atoms with Crippen molar-refractivity contribution in [1.29, 1.82) is 0 Å². The standard InChI is InChI=1S/C17H22ClNO4S.C13H14ClNO3S/c1-17(2,3)24(20,21)16-10-12-13(18)6-7-19-14(12)11-15(16)23-9-5-8-22-4;1-13(2,3)19(17,18)12-6-8-9(14)4-5-15-10(8)7-11(12)16/h6-7,10-11H,5,8-9H2,1-4H3;4-7,16H,1-3H3. The predicted molar refractivity (Wildman–Crippen MR) is 171 cm³/mol. The summed E-state index contributed by atoms with van der Waals surface area (Å²) >= 11 is 12.2. The van der Waals surface area contributed by atoms with Crippen molar-refractivity contribution in [2.45, 2.75) is 67.2 Å². The fourth-order valence-corrected chi connectivity index (χ4v) is 6.83. The van der Waals surface area contributed by atoms with Crippen molar-refractivity contribution in [2.75, 3.05) is 20.3 Å². The van der Waals surface area contributed by atoms with E-state index in [1.54, 1.807) is 79.1 Å². The zero-order valence-corrected chi connectivity index (χ0v) is 28.2. The summed E-state index contributed by atoms with van der Waals surface area (Å²) in [5.41, 5.74) is 1.05. The molecule has 0 aliphatic rings. The summed E-state index contributed by atoms with van der Waals surface area (Å²) in [7, 11) is -5.64. The largest absolute Gasteiger partial charge is 0.507 e. The van der Waals surface area contributed by atoms with E-state index in [1.165, 1.54) is 18.3 Å². The summed E-state index contributed by atoms with van der Waals surface area (Å²) < 4.78 is 59.5. The van der Waals surface area contributed by atoms with E-state index in [2.05, 4.69) is 9.97 Å². The highest BCUT2D eigenvalue weighted by molar-refractivity contribution is 7.93. The number of phenolic OH excluding ortho intramolecular Hbond substituents is 1. The molecular formula is C30H36Cl2N2O7S2. The number of benzene rings is 2. The first-order valence-corrected chi connectivity index (χ1v) is 17.0. The van der Waals surface area contributed by atoms with E-state index >= 15 is 0 Å². The minimum absolute atomic E-state index is 0.123. The van der Waals surface area contributed by atoms with E-state index in [1.807, 2.05) is 0 Å². The predicted octanol–water partition coefficient (Wildman–Crippen LogP) is 7.04. The number of fused-ring (bicyclic) bond motifs is 2. The summed E-state index contributed by atoms with van der Waals surface area (Å²) in [4.78, 5) is 8.31. The molecule has 2 aromatic carbocycles. The minimum Gasteiger partial charge on any atom is -0.507 e. The molecule has 4 aromatic rings. The SMILES string of the molecule is CC(C)(C)S(=O)(=O)c1cc2c(Cl)ccnc2cc1O.COCCCOc1cc2nccc(Cl)c2cc1S(=O)(=O)C(C)(C)C. The van der Waals surface area contributed by atoms with Gasteiger partial charge in [0.2, 0.25) is 0 Å². The summed E-state index contributed by atoms with van der Waals surface area (Å²) in [5.74, 6) is -0.0134. The van der Waals surface area contributed by atoms with E-state index in [0.29, 0.717) is 57.2 Å². The van der Waals surface area contributed by atoms with Gasteiger partial charge in [-0.2, -0.15) is 0 Å². The molecule has 0 spiro atoms. The molecular weight excluding hydrogens is 635 g/mol. The average molecular weight is 672 g/mol. The molecule has 9 nitrogen and oxygen atoms in total. The summed E-state index contributed by atoms with van der Waals surface area (Å²) in [6, 6.07) is 9.09. The van der Waals surface area contributed by atoms with E-state index in [-0.39, 0.29) is 15.5 Å². The zero-order valence-electron chi connectivity index (χ0n) is 25.1. The third kappa shape index (κ3) is 7.51. The number of hydrogen-bond acceptors (Lipinski definition) is 9. The molecule has 234 valence electrons. The smallest absolute Gasteiger partial charge is 0.186 e. The van der Waals surface area contributed by atoms with Crippen LogP contribution in [0.2, 0.25) is 10.0 Å². The molecule has 2 aromatic heterocycles. The number of rotatable bonds is 7. The van der Waals surface area contributed by atoms with Gasteiger partial charge in [0.25, 0.3) is 0 Å². The Balaban J connectivity index is 0.000000242. The van der Waals surface area contributed by atoms with Crippen LogP contribution in [0.3, 0.4) is 0 Å². The lowest BCUT2D eigenvalue weighted by Gasteiger charge is -2.22. The maximum Gasteiger partial charge on any atom is 0.186 e. The van der Waals surface area contributed by atoms with Crippen LogP contribution in [0.4, 0.5) is 0 Å². The van der Waals surface area contributed by atoms with E-state index in [0.717, 1.165) is 0 Å². The van der Waals surface area contributed by atoms with Crippen LogP contribution in [-0.2, 0) is 24.4 Å². The number of phenols is 1. The molecule has 0 bridgehead atoms. The monoisotopic (exact) mass is 670 g/mol. The molecule has 43 heavy (non-hydrogen) atoms. The number of aromatic nitrogens is 2. The first-order chi connectivity index (χ1) is 19.8. The molecule has 1 N–H and O–H groups in total. The quantitative estimate of drug-likeness (QED) is 0.205. The fraction of sp³-hybridized carbons (Fsp3) is 0.400. The number of halogens is 2. The summed E-state index contributed by atoms with van der Waals surface area (Å²) in [5, 5.41) is 11.9. The van der Waals surface area contributed by atoms with Crippen LogP contribution < -0.4 is 4.74 Å². The van der Waals surface area contributed by atoms with Gasteiger partial charge in [-0.25, -0.2) is 16.8 Å². The second kappa shape index (κ2) is 13.1. The van der Waals surface area contributed by atoms with Gasteiger partial charge in [0.05, 0.1) is 37.2 Å². The number of aromatic hydroxyl groups is 1. The molecule has 0 unspecified atom stereocenters. The van der Waals surface area contributed by atoms with E-state index in [9.17, 15) is 21.9 Å². The van der Waals surface area contributed by atoms with Gasteiger partial charge in [-0.1, -0.05) is 23.2 Å². The number of pyridine rings is 2. The van der Waals surface area contributed by atoms with Crippen molar-refractivity contribution < 1.29 is 31.4 Å². The van der Waals surface area contributed by atoms with Gasteiger partial charge in [-0.3, -0.25) is 9.97 Å². The molecule has 0 aliphatic carbocycles. The van der Waals surface area contributed by atoms with Crippen LogP contribution in [0.15, 0.2) is 58.6 Å². The zero-order chi connectivity index (χ0) is 32.4. The van der Waals surface area contributed by atoms with Crippen molar-refractivity contribution in [3.05, 3.63) is 58.8 Å². The van der Waals surface area contributed by atoms with Crippen molar-refractivity contribution >= 4 is 64.7 Å². The molecule has 0 saturated carbocycles. The van der Waals surface area contributed by atoms with Crippen LogP contribution in [0.25, 0.3) is 21.8 Å². The van der Waals surface area contributed by atoms with Crippen molar-refractivity contribution in [3.8, 4) is 11.5 Å². The highest BCUT2D eigenvalue weighted by Crippen LogP contribution is 2.37. The Hall–Kier alpha value is -2.70. The molecule has 0 atom stereocenters. The average Bonchev–Trinajstić information content (AvgIpc) is 2.90. The molecule has 4 rings (SSSR count). The van der Waals surface area contributed by atoms with Crippen LogP contribution in [0.1, 0.15) is 48.0 Å². The number of methoxy groups -OCH3 is 1. The number of ether oxygens (including phenoxy) is 2. The Bertz CT molecular complexity index is 1850. The Morgan fingerprint density at radius 3 is 1.70 bits per heavy atom. The third-order valence-corrected chi connectivity index (χ3v) is 12.2. The molecule has 0 fully saturated rings. The lowest BCUT2D eigenvalue weighted by atomic mass is 10.2. The van der Waals surface area contributed by atoms with Crippen LogP contribution >= 0.6 is 23.2 Å². The summed E-state index contributed by atoms with van der Waals surface area (Å²) in [6.07, 6.45) is 3.74. The van der Waals surface area contributed by atoms with Gasteiger partial charge in [0.15, 0.2) is 19.7 Å². The molecule has 13 heteroatoms. The Morgan fingerprint density at radius 1 is 0.744 bits per heavy atom. The highest BCUT2D eigenvalue weighted by Gasteiger charge is 2.35. The second-order valence-corrected chi connectivity index (χ2v) is 17.8. The van der Waals surface area contributed by atoms with Crippen LogP contribution in [-0.4, -0.2) is 61.7 Å². The fourth-order valence-electron chi connectivity index (χ4n) is 3.83. The normalized spacial score (nSPS) is 12.7. The summed E-state index contributed by atoms with van der Waals surface area (Å²) in [6.45, 7) is 10.6. The maximum absolute atomic E-state index is 13.0. The van der Waals surface area contributed by atoms with E-state index < -0.39 is 29.2 Å². The van der Waals surface area contributed by atoms with Crippen molar-refractivity contribution in [1.82, 2.24) is 9.97 Å². The van der Waals surface area contributed by atoms with Gasteiger partial charge >= 0.3 is 0 Å². The van der Waals surface area contributed by atoms with Gasteiger partial charge in [-0.05, 0) is 65.8 Å². The van der Waals surface area contributed by atoms with Crippen LogP contribution in [0, 0.1) is 0 Å². The first-order valence-electron chi connectivity index (χ1n) is 13.3. The number of nitrogens with zero attached hydrogens (tertiary/aromatic N) is 2. The van der Waals surface area contributed by atoms with Crippen LogP contribution in [0.5, 0.6) is 11.5 Å². The van der Waals surface area contributed by atoms with E-state index in [4.69, 9.17) is 32.7 Å². The number of hydrogen-bond donors (Lipinski definition) is 1. The lowest BCUT2D eigenvalue weighted by Crippen LogP contribution is -2.28. The maximum atomic E-state index is 13.0. The van der Waals surface area contributed by atoms with Crippen molar-refractivity contribution in [3.63, 3.8) is 0 Å². The molecule has 0 saturated heterocycles. The minimum atomic E-state index is -3.65. The highest BCUT2D eigenvalue weighted by atomic mass is 35.5. The van der Waals surface area contributed by atoms with Crippen molar-refractivity contribution in [2.24, 2.45) is 0 Å². The topological polar surface area (TPSA) is 133 Å². The Labute approximate surface area is 263 Å². The Morgan fingerprint density at radius 2 is 1.21 bits per heavy atom. The molecule has 0 aliphatic heterocycles. The second-order valence-electron chi connectivity index (χ2n) is 11.7. The molecule has 0 radical (unpaired) electrons. The Kier molecular flexibility index (Phi) is 10.6. The van der Waals surface area contributed by atoms with Gasteiger partial charge in [0.1, 0.15) is 21.3 Å². The third-order valence-electron chi connectivity index (χ3n) is 6.46. The van der Waals surface area contributed by atoms with Gasteiger partial charge in [-0.15, -0.1) is 0 Å². The van der Waals surface area contributed by atoms with Gasteiger partial charge in [0, 0.05) is 55.4 Å². The van der Waals surface area contributed by atoms with Gasteiger partial charge < -0.3 is 14.6 Å². The lowest BCUT2D eigenvalue weighted by molar-refractivity contribution is 0.171. The molecule has 2 heterocycles. The number of sulfone groups is 2.